The molecule has 0 amide bonds. The van der Waals surface area contributed by atoms with Crippen molar-refractivity contribution in [1.29, 1.82) is 0 Å². The minimum Gasteiger partial charge on any atom is -0.390 e. The minimum atomic E-state index is -4.45. The molecule has 1 rings (SSSR count). The van der Waals surface area contributed by atoms with Gasteiger partial charge in [-0.3, -0.25) is 0 Å². The van der Waals surface area contributed by atoms with Crippen molar-refractivity contribution >= 4 is 11.6 Å². The fourth-order valence-corrected chi connectivity index (χ4v) is 1.68. The van der Waals surface area contributed by atoms with Crippen LogP contribution in [0.25, 0.3) is 0 Å². The van der Waals surface area contributed by atoms with E-state index in [1.165, 1.54) is 26.0 Å². The van der Waals surface area contributed by atoms with E-state index in [0.717, 1.165) is 6.07 Å². The number of hydrogen-bond acceptors (Lipinski definition) is 1. The number of halogens is 4. The predicted octanol–water partition coefficient (Wildman–Crippen LogP) is 3.67. The first kappa shape index (κ1) is 13.3. The van der Waals surface area contributed by atoms with Crippen molar-refractivity contribution in [3.8, 4) is 0 Å². The third-order valence-corrected chi connectivity index (χ3v) is 2.39. The second-order valence-corrected chi connectivity index (χ2v) is 4.66. The van der Waals surface area contributed by atoms with Crippen LogP contribution in [0.1, 0.15) is 25.0 Å². The largest absolute Gasteiger partial charge is 0.416 e. The second-order valence-electron chi connectivity index (χ2n) is 4.25. The van der Waals surface area contributed by atoms with E-state index in [-0.39, 0.29) is 17.0 Å². The van der Waals surface area contributed by atoms with Crippen LogP contribution in [0.3, 0.4) is 0 Å². The molecule has 90 valence electrons. The fraction of sp³-hybridized carbons (Fsp3) is 0.455. The van der Waals surface area contributed by atoms with Crippen molar-refractivity contribution in [1.82, 2.24) is 0 Å². The SMILES string of the molecule is CC(C)(O)Cc1c(Cl)cccc1C(F)(F)F. The van der Waals surface area contributed by atoms with Crippen LogP contribution in [0.2, 0.25) is 5.02 Å². The highest BCUT2D eigenvalue weighted by molar-refractivity contribution is 6.31. The van der Waals surface area contributed by atoms with Crippen LogP contribution in [0.5, 0.6) is 0 Å². The third kappa shape index (κ3) is 3.39. The van der Waals surface area contributed by atoms with E-state index >= 15 is 0 Å². The van der Waals surface area contributed by atoms with Crippen molar-refractivity contribution in [2.75, 3.05) is 0 Å². The summed E-state index contributed by atoms with van der Waals surface area (Å²) in [5.74, 6) is 0. The molecule has 0 unspecified atom stereocenters. The first-order valence-electron chi connectivity index (χ1n) is 4.68. The zero-order chi connectivity index (χ0) is 12.6. The van der Waals surface area contributed by atoms with Gasteiger partial charge in [-0.15, -0.1) is 0 Å². The van der Waals surface area contributed by atoms with Gasteiger partial charge >= 0.3 is 6.18 Å². The summed E-state index contributed by atoms with van der Waals surface area (Å²) in [6.07, 6.45) is -4.59. The van der Waals surface area contributed by atoms with E-state index in [9.17, 15) is 18.3 Å². The summed E-state index contributed by atoms with van der Waals surface area (Å²) >= 11 is 5.73. The van der Waals surface area contributed by atoms with Gasteiger partial charge in [0.1, 0.15) is 0 Å². The first-order chi connectivity index (χ1) is 7.11. The zero-order valence-corrected chi connectivity index (χ0v) is 9.65. The Bertz CT molecular complexity index is 380. The molecule has 0 spiro atoms. The topological polar surface area (TPSA) is 20.2 Å². The van der Waals surface area contributed by atoms with Crippen LogP contribution in [0.15, 0.2) is 18.2 Å². The van der Waals surface area contributed by atoms with Crippen molar-refractivity contribution in [2.45, 2.75) is 32.0 Å². The minimum absolute atomic E-state index is 0.0250. The Kier molecular flexibility index (Phi) is 3.55. The Hall–Kier alpha value is -0.740. The molecule has 5 heteroatoms. The van der Waals surface area contributed by atoms with E-state index in [1.807, 2.05) is 0 Å². The molecule has 1 aromatic rings. The van der Waals surface area contributed by atoms with Crippen LogP contribution < -0.4 is 0 Å². The lowest BCUT2D eigenvalue weighted by Crippen LogP contribution is -2.24. The smallest absolute Gasteiger partial charge is 0.390 e. The average Bonchev–Trinajstić information content (AvgIpc) is 2.04. The monoisotopic (exact) mass is 252 g/mol. The summed E-state index contributed by atoms with van der Waals surface area (Å²) in [4.78, 5) is 0. The molecule has 0 aliphatic heterocycles. The molecule has 0 radical (unpaired) electrons. The molecule has 0 heterocycles. The van der Waals surface area contributed by atoms with Gasteiger partial charge in [-0.05, 0) is 31.5 Å². The van der Waals surface area contributed by atoms with Crippen molar-refractivity contribution < 1.29 is 18.3 Å². The van der Waals surface area contributed by atoms with Crippen molar-refractivity contribution in [3.05, 3.63) is 34.3 Å². The second kappa shape index (κ2) is 4.26. The molecule has 1 N–H and O–H groups in total. The normalized spacial score (nSPS) is 12.9. The molecule has 0 saturated carbocycles. The van der Waals surface area contributed by atoms with Crippen LogP contribution in [-0.2, 0) is 12.6 Å². The number of hydrogen-bond donors (Lipinski definition) is 1. The maximum Gasteiger partial charge on any atom is 0.416 e. The molecular weight excluding hydrogens is 241 g/mol. The summed E-state index contributed by atoms with van der Waals surface area (Å²) in [5, 5.41) is 9.58. The van der Waals surface area contributed by atoms with E-state index in [4.69, 9.17) is 11.6 Å². The number of benzene rings is 1. The molecule has 0 atom stereocenters. The van der Waals surface area contributed by atoms with Crippen molar-refractivity contribution in [2.24, 2.45) is 0 Å². The Morgan fingerprint density at radius 3 is 2.25 bits per heavy atom. The van der Waals surface area contributed by atoms with Crippen LogP contribution in [0.4, 0.5) is 13.2 Å². The number of aliphatic hydroxyl groups is 1. The number of alkyl halides is 3. The molecular formula is C11H12ClF3O. The molecule has 0 aromatic heterocycles. The molecule has 1 aromatic carbocycles. The Morgan fingerprint density at radius 1 is 1.25 bits per heavy atom. The van der Waals surface area contributed by atoms with Crippen LogP contribution in [0, 0.1) is 0 Å². The molecule has 0 saturated heterocycles. The van der Waals surface area contributed by atoms with Gasteiger partial charge in [-0.2, -0.15) is 13.2 Å². The van der Waals surface area contributed by atoms with Gasteiger partial charge in [0.15, 0.2) is 0 Å². The lowest BCUT2D eigenvalue weighted by Gasteiger charge is -2.21. The maximum absolute atomic E-state index is 12.7. The maximum atomic E-state index is 12.7. The Labute approximate surface area is 96.9 Å². The Balaban J connectivity index is 3.25. The lowest BCUT2D eigenvalue weighted by atomic mass is 9.94. The summed E-state index contributed by atoms with van der Waals surface area (Å²) < 4.78 is 38.0. The zero-order valence-electron chi connectivity index (χ0n) is 8.90. The summed E-state index contributed by atoms with van der Waals surface area (Å²) in [6.45, 7) is 2.88. The van der Waals surface area contributed by atoms with Gasteiger partial charge in [0.25, 0.3) is 0 Å². The van der Waals surface area contributed by atoms with Gasteiger partial charge in [0.2, 0.25) is 0 Å². The van der Waals surface area contributed by atoms with Gasteiger partial charge in [-0.1, -0.05) is 17.7 Å². The molecule has 0 fully saturated rings. The average molecular weight is 253 g/mol. The van der Waals surface area contributed by atoms with E-state index < -0.39 is 17.3 Å². The van der Waals surface area contributed by atoms with Crippen LogP contribution >= 0.6 is 11.6 Å². The standard InChI is InChI=1S/C11H12ClF3O/c1-10(2,16)6-7-8(11(13,14)15)4-3-5-9(7)12/h3-5,16H,6H2,1-2H3. The van der Waals surface area contributed by atoms with Gasteiger partial charge in [-0.25, -0.2) is 0 Å². The third-order valence-electron chi connectivity index (χ3n) is 2.03. The van der Waals surface area contributed by atoms with Gasteiger partial charge < -0.3 is 5.11 Å². The molecule has 1 nitrogen and oxygen atoms in total. The van der Waals surface area contributed by atoms with E-state index in [1.54, 1.807) is 0 Å². The van der Waals surface area contributed by atoms with Crippen LogP contribution in [-0.4, -0.2) is 10.7 Å². The first-order valence-corrected chi connectivity index (χ1v) is 5.06. The van der Waals surface area contributed by atoms with Crippen molar-refractivity contribution in [3.63, 3.8) is 0 Å². The molecule has 16 heavy (non-hydrogen) atoms. The summed E-state index contributed by atoms with van der Waals surface area (Å²) in [7, 11) is 0. The highest BCUT2D eigenvalue weighted by Crippen LogP contribution is 2.36. The fourth-order valence-electron chi connectivity index (χ4n) is 1.44. The highest BCUT2D eigenvalue weighted by Gasteiger charge is 2.35. The molecule has 0 aliphatic carbocycles. The highest BCUT2D eigenvalue weighted by atomic mass is 35.5. The van der Waals surface area contributed by atoms with Gasteiger partial charge in [0.05, 0.1) is 11.2 Å². The number of rotatable bonds is 2. The lowest BCUT2D eigenvalue weighted by molar-refractivity contribution is -0.138. The predicted molar refractivity (Wildman–Crippen MR) is 56.5 cm³/mol. The van der Waals surface area contributed by atoms with E-state index in [0.29, 0.717) is 0 Å². The molecule has 0 bridgehead atoms. The summed E-state index contributed by atoms with van der Waals surface area (Å²) in [5.41, 5.74) is -2.09. The quantitative estimate of drug-likeness (QED) is 0.851. The molecule has 0 aliphatic rings. The van der Waals surface area contributed by atoms with E-state index in [2.05, 4.69) is 0 Å². The summed E-state index contributed by atoms with van der Waals surface area (Å²) in [6, 6.07) is 3.60. The Morgan fingerprint density at radius 2 is 1.81 bits per heavy atom. The van der Waals surface area contributed by atoms with Gasteiger partial charge in [0, 0.05) is 11.4 Å².